The third kappa shape index (κ3) is 3.96. The molecule has 0 amide bonds. The fourth-order valence-corrected chi connectivity index (χ4v) is 7.77. The van der Waals surface area contributed by atoms with Gasteiger partial charge in [0.15, 0.2) is 5.65 Å². The van der Waals surface area contributed by atoms with Gasteiger partial charge >= 0.3 is 0 Å². The molecule has 2 unspecified atom stereocenters. The van der Waals surface area contributed by atoms with E-state index >= 15 is 0 Å². The molecule has 0 bridgehead atoms. The van der Waals surface area contributed by atoms with Gasteiger partial charge in [-0.25, -0.2) is 19.9 Å². The highest BCUT2D eigenvalue weighted by molar-refractivity contribution is 6.06. The van der Waals surface area contributed by atoms with Crippen molar-refractivity contribution in [1.29, 1.82) is 0 Å². The molecule has 0 fully saturated rings. The van der Waals surface area contributed by atoms with Gasteiger partial charge in [-0.2, -0.15) is 0 Å². The summed E-state index contributed by atoms with van der Waals surface area (Å²) in [5.74, 6) is 0.152. The molecule has 47 heavy (non-hydrogen) atoms. The van der Waals surface area contributed by atoms with Crippen molar-refractivity contribution in [3.8, 4) is 22.4 Å². The van der Waals surface area contributed by atoms with Crippen molar-refractivity contribution in [2.75, 3.05) is 0 Å². The van der Waals surface area contributed by atoms with Crippen molar-refractivity contribution in [3.05, 3.63) is 168 Å². The van der Waals surface area contributed by atoms with E-state index in [4.69, 9.17) is 14.4 Å². The summed E-state index contributed by atoms with van der Waals surface area (Å²) in [5.41, 5.74) is 12.3. The lowest BCUT2D eigenvalue weighted by atomic mass is 9.77. The lowest BCUT2D eigenvalue weighted by Crippen LogP contribution is -2.11. The molecular weight excluding hydrogens is 576 g/mol. The van der Waals surface area contributed by atoms with Crippen LogP contribution in [-0.2, 0) is 0 Å². The van der Waals surface area contributed by atoms with Crippen molar-refractivity contribution in [2.24, 2.45) is 0 Å². The molecule has 2 atom stereocenters. The van der Waals surface area contributed by atoms with Crippen LogP contribution in [-0.4, -0.2) is 19.9 Å². The summed E-state index contributed by atoms with van der Waals surface area (Å²) < 4.78 is 6.17. The molecular formula is C42H26N4O. The predicted octanol–water partition coefficient (Wildman–Crippen LogP) is 10.1. The molecule has 1 aliphatic carbocycles. The SMILES string of the molecule is c1ccc(C2c3cccc4cccc(c34)C2c2cc(-c3ccc4oc5ccccc5c4c3)ccc2-c2ncnc3nccnc23)cc1. The summed E-state index contributed by atoms with van der Waals surface area (Å²) in [5, 5.41) is 4.83. The first-order valence-corrected chi connectivity index (χ1v) is 15.9. The Bertz CT molecular complexity index is 2650. The van der Waals surface area contributed by atoms with E-state index in [1.165, 1.54) is 33.0 Å². The zero-order valence-electron chi connectivity index (χ0n) is 25.2. The van der Waals surface area contributed by atoms with Gasteiger partial charge in [-0.3, -0.25) is 0 Å². The minimum atomic E-state index is 0.0358. The number of benzene rings is 6. The second-order valence-electron chi connectivity index (χ2n) is 12.2. The number of rotatable bonds is 4. The Morgan fingerprint density at radius 3 is 2.15 bits per heavy atom. The highest BCUT2D eigenvalue weighted by atomic mass is 16.3. The van der Waals surface area contributed by atoms with Gasteiger partial charge in [-0.15, -0.1) is 0 Å². The molecule has 9 aromatic rings. The van der Waals surface area contributed by atoms with E-state index in [9.17, 15) is 0 Å². The minimum absolute atomic E-state index is 0.0358. The normalized spacial score (nSPS) is 15.7. The zero-order chi connectivity index (χ0) is 30.9. The average molecular weight is 603 g/mol. The first-order valence-electron chi connectivity index (χ1n) is 15.9. The summed E-state index contributed by atoms with van der Waals surface area (Å²) in [7, 11) is 0. The Hall–Kier alpha value is -6.20. The van der Waals surface area contributed by atoms with E-state index in [0.29, 0.717) is 11.2 Å². The van der Waals surface area contributed by atoms with Gasteiger partial charge in [0.2, 0.25) is 0 Å². The van der Waals surface area contributed by atoms with E-state index in [1.807, 2.05) is 12.1 Å². The molecule has 10 rings (SSSR count). The number of nitrogens with zero attached hydrogens (tertiary/aromatic N) is 4. The van der Waals surface area contributed by atoms with Crippen molar-refractivity contribution in [1.82, 2.24) is 19.9 Å². The molecule has 3 heterocycles. The van der Waals surface area contributed by atoms with Gasteiger partial charge < -0.3 is 4.42 Å². The maximum absolute atomic E-state index is 6.17. The molecule has 0 aliphatic heterocycles. The standard InChI is InChI=1S/C42H26N4O/c1-2-8-26(9-3-1)38-31-13-6-10-25-11-7-14-32(37(25)31)39(38)34-23-27(16-18-30(34)40-41-42(46-24-45-40)44-21-20-43-41)28-17-19-36-33(22-28)29-12-4-5-15-35(29)47-36/h1-24,38-39H. The van der Waals surface area contributed by atoms with Crippen LogP contribution in [0.5, 0.6) is 0 Å². The lowest BCUT2D eigenvalue weighted by Gasteiger charge is -2.26. The number of aromatic nitrogens is 4. The molecule has 3 aromatic heterocycles. The Kier molecular flexibility index (Phi) is 5.63. The summed E-state index contributed by atoms with van der Waals surface area (Å²) in [4.78, 5) is 18.5. The van der Waals surface area contributed by atoms with Crippen LogP contribution in [0, 0.1) is 0 Å². The van der Waals surface area contributed by atoms with Crippen LogP contribution >= 0.6 is 0 Å². The molecule has 0 saturated carbocycles. The maximum Gasteiger partial charge on any atom is 0.181 e. The largest absolute Gasteiger partial charge is 0.456 e. The highest BCUT2D eigenvalue weighted by Gasteiger charge is 2.38. The van der Waals surface area contributed by atoms with Crippen LogP contribution in [0.1, 0.15) is 34.1 Å². The van der Waals surface area contributed by atoms with E-state index in [0.717, 1.165) is 44.3 Å². The Morgan fingerprint density at radius 2 is 1.26 bits per heavy atom. The molecule has 0 spiro atoms. The number of para-hydroxylation sites is 1. The van der Waals surface area contributed by atoms with Crippen LogP contribution in [0.3, 0.4) is 0 Å². The molecule has 220 valence electrons. The quantitative estimate of drug-likeness (QED) is 0.201. The van der Waals surface area contributed by atoms with Crippen molar-refractivity contribution in [2.45, 2.75) is 11.8 Å². The first kappa shape index (κ1) is 26.1. The van der Waals surface area contributed by atoms with E-state index in [1.54, 1.807) is 18.7 Å². The second kappa shape index (κ2) is 10.2. The van der Waals surface area contributed by atoms with Gasteiger partial charge in [0, 0.05) is 40.6 Å². The molecule has 1 aliphatic rings. The van der Waals surface area contributed by atoms with Crippen molar-refractivity contribution < 1.29 is 4.42 Å². The van der Waals surface area contributed by atoms with Gasteiger partial charge in [-0.05, 0) is 68.4 Å². The van der Waals surface area contributed by atoms with Crippen molar-refractivity contribution >= 4 is 43.9 Å². The van der Waals surface area contributed by atoms with E-state index < -0.39 is 0 Å². The molecule has 6 aromatic carbocycles. The van der Waals surface area contributed by atoms with Crippen molar-refractivity contribution in [3.63, 3.8) is 0 Å². The Balaban J connectivity index is 1.27. The zero-order valence-corrected chi connectivity index (χ0v) is 25.2. The minimum Gasteiger partial charge on any atom is -0.456 e. The number of hydrogen-bond donors (Lipinski definition) is 0. The Morgan fingerprint density at radius 1 is 0.511 bits per heavy atom. The van der Waals surface area contributed by atoms with Gasteiger partial charge in [-0.1, -0.05) is 103 Å². The number of fused-ring (bicyclic) bond motifs is 4. The second-order valence-corrected chi connectivity index (χ2v) is 12.2. The lowest BCUT2D eigenvalue weighted by molar-refractivity contribution is 0.669. The average Bonchev–Trinajstić information content (AvgIpc) is 3.68. The fraction of sp³-hybridized carbons (Fsp3) is 0.0476. The molecule has 0 radical (unpaired) electrons. The molecule has 5 heteroatoms. The Labute approximate surface area is 270 Å². The monoisotopic (exact) mass is 602 g/mol. The topological polar surface area (TPSA) is 64.7 Å². The van der Waals surface area contributed by atoms with E-state index in [-0.39, 0.29) is 11.8 Å². The smallest absolute Gasteiger partial charge is 0.181 e. The molecule has 5 nitrogen and oxygen atoms in total. The number of furan rings is 1. The highest BCUT2D eigenvalue weighted by Crippen LogP contribution is 2.55. The van der Waals surface area contributed by atoms with Gasteiger partial charge in [0.05, 0.1) is 0 Å². The summed E-state index contributed by atoms with van der Waals surface area (Å²) in [6, 6.07) is 45.8. The summed E-state index contributed by atoms with van der Waals surface area (Å²) in [6.07, 6.45) is 4.99. The van der Waals surface area contributed by atoms with Crippen LogP contribution in [0.4, 0.5) is 0 Å². The third-order valence-corrected chi connectivity index (χ3v) is 9.75. The van der Waals surface area contributed by atoms with Crippen LogP contribution in [0.25, 0.3) is 66.3 Å². The number of hydrogen-bond acceptors (Lipinski definition) is 5. The van der Waals surface area contributed by atoms with Gasteiger partial charge in [0.25, 0.3) is 0 Å². The third-order valence-electron chi connectivity index (χ3n) is 9.75. The molecule has 0 N–H and O–H groups in total. The first-order chi connectivity index (χ1) is 23.3. The van der Waals surface area contributed by atoms with Crippen LogP contribution in [0.15, 0.2) is 151 Å². The van der Waals surface area contributed by atoms with Crippen LogP contribution < -0.4 is 0 Å². The fourth-order valence-electron chi connectivity index (χ4n) is 7.77. The molecule has 0 saturated heterocycles. The predicted molar refractivity (Wildman–Crippen MR) is 187 cm³/mol. The van der Waals surface area contributed by atoms with E-state index in [2.05, 4.69) is 125 Å². The summed E-state index contributed by atoms with van der Waals surface area (Å²) >= 11 is 0. The van der Waals surface area contributed by atoms with Gasteiger partial charge in [0.1, 0.15) is 28.7 Å². The maximum atomic E-state index is 6.17. The van der Waals surface area contributed by atoms with Crippen LogP contribution in [0.2, 0.25) is 0 Å². The summed E-state index contributed by atoms with van der Waals surface area (Å²) in [6.45, 7) is 0.